The largest absolute Gasteiger partial charge is 0.481 e. The van der Waals surface area contributed by atoms with Crippen LogP contribution in [-0.4, -0.2) is 29.4 Å². The van der Waals surface area contributed by atoms with Gasteiger partial charge in [0.1, 0.15) is 11.7 Å². The van der Waals surface area contributed by atoms with Crippen molar-refractivity contribution in [1.29, 1.82) is 0 Å². The molecule has 1 atom stereocenters. The van der Waals surface area contributed by atoms with Crippen molar-refractivity contribution in [3.8, 4) is 0 Å². The molecule has 0 spiro atoms. The van der Waals surface area contributed by atoms with Gasteiger partial charge in [-0.25, -0.2) is 0 Å². The number of carboxylic acid groups (broad SMARTS) is 1. The monoisotopic (exact) mass is 216 g/mol. The van der Waals surface area contributed by atoms with E-state index in [-0.39, 0.29) is 25.2 Å². The number of carboxylic acids is 1. The van der Waals surface area contributed by atoms with E-state index in [1.807, 2.05) is 0 Å². The van der Waals surface area contributed by atoms with Crippen LogP contribution in [0.25, 0.3) is 0 Å². The highest BCUT2D eigenvalue weighted by Gasteiger charge is 2.25. The van der Waals surface area contributed by atoms with E-state index in [0.717, 1.165) is 0 Å². The zero-order valence-corrected chi connectivity index (χ0v) is 8.99. The van der Waals surface area contributed by atoms with Gasteiger partial charge in [-0.1, -0.05) is 6.92 Å². The minimum atomic E-state index is -1.04. The van der Waals surface area contributed by atoms with Crippen LogP contribution in [0.3, 0.4) is 0 Å². The summed E-state index contributed by atoms with van der Waals surface area (Å²) >= 11 is 0. The number of carbonyl (C=O) groups is 3. The Morgan fingerprint density at radius 3 is 2.20 bits per heavy atom. The fourth-order valence-electron chi connectivity index (χ4n) is 1.17. The molecule has 1 unspecified atom stereocenters. The molecule has 0 fully saturated rings. The molecule has 0 saturated heterocycles. The van der Waals surface area contributed by atoms with Crippen molar-refractivity contribution in [2.24, 2.45) is 5.92 Å². The quantitative estimate of drug-likeness (QED) is 0.507. The summed E-state index contributed by atoms with van der Waals surface area (Å²) in [6.45, 7) is 3.58. The first-order valence-corrected chi connectivity index (χ1v) is 4.94. The molecule has 0 radical (unpaired) electrons. The summed E-state index contributed by atoms with van der Waals surface area (Å²) in [7, 11) is 0. The molecule has 5 nitrogen and oxygen atoms in total. The maximum atomic E-state index is 11.4. The Hall–Kier alpha value is -1.39. The maximum Gasteiger partial charge on any atom is 0.316 e. The third-order valence-corrected chi connectivity index (χ3v) is 1.95. The topological polar surface area (TPSA) is 80.7 Å². The van der Waals surface area contributed by atoms with Gasteiger partial charge in [-0.3, -0.25) is 14.4 Å². The average molecular weight is 216 g/mol. The minimum Gasteiger partial charge on any atom is -0.481 e. The van der Waals surface area contributed by atoms with Crippen molar-refractivity contribution in [2.45, 2.75) is 33.1 Å². The molecule has 0 bridgehead atoms. The van der Waals surface area contributed by atoms with E-state index in [1.54, 1.807) is 13.8 Å². The highest BCUT2D eigenvalue weighted by molar-refractivity contribution is 5.99. The van der Waals surface area contributed by atoms with Crippen molar-refractivity contribution in [2.75, 3.05) is 6.61 Å². The zero-order valence-electron chi connectivity index (χ0n) is 8.99. The van der Waals surface area contributed by atoms with Crippen molar-refractivity contribution < 1.29 is 24.2 Å². The lowest BCUT2D eigenvalue weighted by molar-refractivity contribution is -0.152. The first-order chi connectivity index (χ1) is 7.02. The van der Waals surface area contributed by atoms with Crippen LogP contribution in [0.1, 0.15) is 33.1 Å². The van der Waals surface area contributed by atoms with Gasteiger partial charge in [-0.2, -0.15) is 0 Å². The Kier molecular flexibility index (Phi) is 6.33. The molecule has 0 saturated carbocycles. The summed E-state index contributed by atoms with van der Waals surface area (Å²) in [6.07, 6.45) is -0.0152. The standard InChI is InChI=1S/C10H16O5/c1-3-7(10(14)15-4-2)8(11)5-6-9(12)13/h7H,3-6H2,1-2H3,(H,12,13). The number of carbonyl (C=O) groups excluding carboxylic acids is 2. The molecule has 15 heavy (non-hydrogen) atoms. The fraction of sp³-hybridized carbons (Fsp3) is 0.700. The van der Waals surface area contributed by atoms with Gasteiger partial charge < -0.3 is 9.84 Å². The van der Waals surface area contributed by atoms with Crippen LogP contribution in [0.15, 0.2) is 0 Å². The smallest absolute Gasteiger partial charge is 0.316 e. The molecule has 0 aromatic carbocycles. The number of Topliss-reactive ketones (excluding diaryl/α,β-unsaturated/α-hetero) is 1. The second kappa shape index (κ2) is 6.98. The first-order valence-electron chi connectivity index (χ1n) is 4.94. The lowest BCUT2D eigenvalue weighted by Crippen LogP contribution is -2.26. The van der Waals surface area contributed by atoms with Gasteiger partial charge >= 0.3 is 11.9 Å². The predicted molar refractivity (Wildman–Crippen MR) is 52.3 cm³/mol. The Labute approximate surface area is 88.4 Å². The van der Waals surface area contributed by atoms with Crippen molar-refractivity contribution in [3.05, 3.63) is 0 Å². The second-order valence-corrected chi connectivity index (χ2v) is 3.07. The van der Waals surface area contributed by atoms with Gasteiger partial charge in [0, 0.05) is 6.42 Å². The molecule has 0 aromatic heterocycles. The van der Waals surface area contributed by atoms with Crippen molar-refractivity contribution >= 4 is 17.7 Å². The Morgan fingerprint density at radius 1 is 1.20 bits per heavy atom. The zero-order chi connectivity index (χ0) is 11.8. The SMILES string of the molecule is CCOC(=O)C(CC)C(=O)CCC(=O)O. The van der Waals surface area contributed by atoms with Gasteiger partial charge in [0.05, 0.1) is 13.0 Å². The van der Waals surface area contributed by atoms with Gasteiger partial charge in [0.25, 0.3) is 0 Å². The molecule has 1 N–H and O–H groups in total. The predicted octanol–water partition coefficient (Wildman–Crippen LogP) is 1.01. The lowest BCUT2D eigenvalue weighted by Gasteiger charge is -2.11. The number of hydrogen-bond acceptors (Lipinski definition) is 4. The summed E-state index contributed by atoms with van der Waals surface area (Å²) in [6, 6.07) is 0. The number of aliphatic carboxylic acids is 1. The van der Waals surface area contributed by atoms with E-state index < -0.39 is 17.9 Å². The van der Waals surface area contributed by atoms with Crippen molar-refractivity contribution in [3.63, 3.8) is 0 Å². The van der Waals surface area contributed by atoms with E-state index in [4.69, 9.17) is 9.84 Å². The summed E-state index contributed by atoms with van der Waals surface area (Å²) in [4.78, 5) is 32.9. The summed E-state index contributed by atoms with van der Waals surface area (Å²) in [5.74, 6) is -2.78. The van der Waals surface area contributed by atoms with Gasteiger partial charge in [0.15, 0.2) is 0 Å². The van der Waals surface area contributed by atoms with Crippen LogP contribution < -0.4 is 0 Å². The Morgan fingerprint density at radius 2 is 1.80 bits per heavy atom. The molecule has 5 heteroatoms. The third kappa shape index (κ3) is 5.15. The van der Waals surface area contributed by atoms with Gasteiger partial charge in [-0.05, 0) is 13.3 Å². The molecule has 0 aliphatic rings. The molecule has 0 aliphatic heterocycles. The first kappa shape index (κ1) is 13.6. The Balaban J connectivity index is 4.21. The summed E-state index contributed by atoms with van der Waals surface area (Å²) in [5, 5.41) is 8.39. The number of rotatable bonds is 7. The highest BCUT2D eigenvalue weighted by Crippen LogP contribution is 2.10. The summed E-state index contributed by atoms with van der Waals surface area (Å²) in [5.41, 5.74) is 0. The minimum absolute atomic E-state index is 0.118. The third-order valence-electron chi connectivity index (χ3n) is 1.95. The van der Waals surface area contributed by atoms with E-state index in [2.05, 4.69) is 0 Å². The van der Waals surface area contributed by atoms with E-state index in [9.17, 15) is 14.4 Å². The maximum absolute atomic E-state index is 11.4. The van der Waals surface area contributed by atoms with Gasteiger partial charge in [0.2, 0.25) is 0 Å². The van der Waals surface area contributed by atoms with E-state index in [0.29, 0.717) is 6.42 Å². The van der Waals surface area contributed by atoms with Crippen LogP contribution >= 0.6 is 0 Å². The van der Waals surface area contributed by atoms with Crippen molar-refractivity contribution in [1.82, 2.24) is 0 Å². The lowest BCUT2D eigenvalue weighted by atomic mass is 9.98. The highest BCUT2D eigenvalue weighted by atomic mass is 16.5. The molecule has 0 heterocycles. The van der Waals surface area contributed by atoms with Crippen LogP contribution in [0.4, 0.5) is 0 Å². The van der Waals surface area contributed by atoms with Crippen LogP contribution in [0, 0.1) is 5.92 Å². The molecular formula is C10H16O5. The van der Waals surface area contributed by atoms with Crippen LogP contribution in [0.5, 0.6) is 0 Å². The second-order valence-electron chi connectivity index (χ2n) is 3.07. The molecular weight excluding hydrogens is 200 g/mol. The van der Waals surface area contributed by atoms with E-state index >= 15 is 0 Å². The number of hydrogen-bond donors (Lipinski definition) is 1. The van der Waals surface area contributed by atoms with E-state index in [1.165, 1.54) is 0 Å². The molecule has 0 rings (SSSR count). The number of esters is 1. The molecule has 86 valence electrons. The van der Waals surface area contributed by atoms with Crippen LogP contribution in [-0.2, 0) is 19.1 Å². The van der Waals surface area contributed by atoms with Gasteiger partial charge in [-0.15, -0.1) is 0 Å². The average Bonchev–Trinajstić information content (AvgIpc) is 2.16. The van der Waals surface area contributed by atoms with Crippen LogP contribution in [0.2, 0.25) is 0 Å². The number of ketones is 1. The summed E-state index contributed by atoms with van der Waals surface area (Å²) < 4.78 is 4.72. The fourth-order valence-corrected chi connectivity index (χ4v) is 1.17. The molecule has 0 aliphatic carbocycles. The Bertz CT molecular complexity index is 246. The molecule has 0 aromatic rings. The number of ether oxygens (including phenoxy) is 1. The molecule has 0 amide bonds. The normalized spacial score (nSPS) is 11.9.